The number of hydrogen-bond donors (Lipinski definition) is 2. The van der Waals surface area contributed by atoms with Gasteiger partial charge < -0.3 is 38.8 Å². The molecule has 0 aliphatic carbocycles. The van der Waals surface area contributed by atoms with E-state index in [1.165, 1.54) is 135 Å². The molecule has 2 N–H and O–H groups in total. The van der Waals surface area contributed by atoms with Crippen molar-refractivity contribution in [3.05, 3.63) is 12.2 Å². The minimum Gasteiger partial charge on any atom is -0.463 e. The number of carbonyl (C=O) groups excluding carboxylic acids is 5. The Kier molecular flexibility index (Phi) is 35.2. The lowest BCUT2D eigenvalue weighted by Crippen LogP contribution is -2.63. The molecule has 1 aliphatic rings. The summed E-state index contributed by atoms with van der Waals surface area (Å²) in [6.07, 6.45) is 28.6. The number of aliphatic hydroxyl groups excluding tert-OH is 1. The maximum atomic E-state index is 13.3. The maximum absolute atomic E-state index is 13.3. The fourth-order valence-corrected chi connectivity index (χ4v) is 7.98. The van der Waals surface area contributed by atoms with Crippen LogP contribution in [-0.4, -0.2) is 91.0 Å². The first-order valence-electron chi connectivity index (χ1n) is 25.0. The molecule has 0 unspecified atom stereocenters. The second-order valence-corrected chi connectivity index (χ2v) is 17.5. The predicted octanol–water partition coefficient (Wildman–Crippen LogP) is 10.5. The molecule has 366 valence electrons. The van der Waals surface area contributed by atoms with E-state index < -0.39 is 73.3 Å². The van der Waals surface area contributed by atoms with Crippen LogP contribution < -0.4 is 5.32 Å². The van der Waals surface area contributed by atoms with Crippen molar-refractivity contribution in [2.24, 2.45) is 0 Å². The Morgan fingerprint density at radius 2 is 0.968 bits per heavy atom. The Balaban J connectivity index is 2.90. The summed E-state index contributed by atoms with van der Waals surface area (Å²) in [6, 6.07) is -0.922. The van der Waals surface area contributed by atoms with Gasteiger partial charge in [-0.2, -0.15) is 0 Å². The Hall–Kier alpha value is -3.03. The molecule has 0 aromatic carbocycles. The number of rotatable bonds is 39. The van der Waals surface area contributed by atoms with Gasteiger partial charge in [0.05, 0.1) is 18.8 Å². The van der Waals surface area contributed by atoms with E-state index >= 15 is 0 Å². The molecule has 13 heteroatoms. The van der Waals surface area contributed by atoms with Crippen molar-refractivity contribution in [2.45, 2.75) is 264 Å². The van der Waals surface area contributed by atoms with Gasteiger partial charge in [-0.3, -0.25) is 24.0 Å². The van der Waals surface area contributed by atoms with E-state index in [2.05, 4.69) is 19.2 Å². The molecule has 1 saturated heterocycles. The third kappa shape index (κ3) is 30.7. The van der Waals surface area contributed by atoms with Crippen LogP contribution in [0, 0.1) is 0 Å². The number of amides is 1. The number of esters is 4. The van der Waals surface area contributed by atoms with Gasteiger partial charge in [-0.15, -0.1) is 0 Å². The summed E-state index contributed by atoms with van der Waals surface area (Å²) < 4.78 is 34.0. The van der Waals surface area contributed by atoms with E-state index in [0.29, 0.717) is 6.42 Å². The zero-order valence-electron chi connectivity index (χ0n) is 40.3. The molecule has 0 spiro atoms. The van der Waals surface area contributed by atoms with Gasteiger partial charge in [0.15, 0.2) is 24.6 Å². The van der Waals surface area contributed by atoms with Gasteiger partial charge in [-0.1, -0.05) is 180 Å². The lowest BCUT2D eigenvalue weighted by molar-refractivity contribution is -0.309. The van der Waals surface area contributed by atoms with Gasteiger partial charge in [0.25, 0.3) is 0 Å². The summed E-state index contributed by atoms with van der Waals surface area (Å²) in [4.78, 5) is 61.8. The molecule has 1 rings (SSSR count). The quantitative estimate of drug-likeness (QED) is 0.0259. The molecule has 1 fully saturated rings. The van der Waals surface area contributed by atoms with Gasteiger partial charge >= 0.3 is 23.9 Å². The monoisotopic (exact) mass is 896 g/mol. The van der Waals surface area contributed by atoms with Crippen molar-refractivity contribution in [1.82, 2.24) is 5.32 Å². The van der Waals surface area contributed by atoms with Crippen LogP contribution in [0.1, 0.15) is 221 Å². The SMILES string of the molecule is CCCCCCCCCCCCC/C=C/[C@@H](O)[C@H](CO[C@@H]1O[C@H](COC(C)=O)[C@H](OC(C)=O)[C@H](OC(C)=O)[C@H]1OC(C)=O)NC(=O)CCCCCCCCCCCCCCCCC. The average molecular weight is 896 g/mol. The minimum absolute atomic E-state index is 0.238. The Morgan fingerprint density at radius 3 is 1.41 bits per heavy atom. The maximum Gasteiger partial charge on any atom is 0.303 e. The van der Waals surface area contributed by atoms with Crippen molar-refractivity contribution < 1.29 is 57.5 Å². The lowest BCUT2D eigenvalue weighted by atomic mass is 9.98. The molecule has 1 heterocycles. The second kappa shape index (κ2) is 38.3. The Labute approximate surface area is 381 Å². The van der Waals surface area contributed by atoms with Gasteiger partial charge in [0, 0.05) is 34.1 Å². The van der Waals surface area contributed by atoms with Crippen molar-refractivity contribution in [2.75, 3.05) is 13.2 Å². The predicted molar refractivity (Wildman–Crippen MR) is 246 cm³/mol. The molecule has 0 radical (unpaired) electrons. The van der Waals surface area contributed by atoms with Crippen molar-refractivity contribution >= 4 is 29.8 Å². The van der Waals surface area contributed by atoms with Crippen LogP contribution in [-0.2, 0) is 52.4 Å². The number of unbranched alkanes of at least 4 members (excludes halogenated alkanes) is 25. The largest absolute Gasteiger partial charge is 0.463 e. The molecule has 0 aromatic heterocycles. The number of aliphatic hydroxyl groups is 1. The highest BCUT2D eigenvalue weighted by atomic mass is 16.7. The van der Waals surface area contributed by atoms with E-state index in [1.54, 1.807) is 6.08 Å². The van der Waals surface area contributed by atoms with Gasteiger partial charge in [-0.05, 0) is 19.3 Å². The molecule has 1 amide bonds. The minimum atomic E-state index is -1.44. The van der Waals surface area contributed by atoms with Crippen molar-refractivity contribution in [3.63, 3.8) is 0 Å². The van der Waals surface area contributed by atoms with Gasteiger partial charge in [0.1, 0.15) is 12.7 Å². The zero-order chi connectivity index (χ0) is 46.5. The number of hydrogen-bond acceptors (Lipinski definition) is 12. The van der Waals surface area contributed by atoms with Gasteiger partial charge in [0.2, 0.25) is 5.91 Å². The average Bonchev–Trinajstić information content (AvgIpc) is 3.23. The number of allylic oxidation sites excluding steroid dienone is 1. The number of nitrogens with one attached hydrogen (secondary N) is 1. The highest BCUT2D eigenvalue weighted by Crippen LogP contribution is 2.30. The van der Waals surface area contributed by atoms with Crippen molar-refractivity contribution in [3.8, 4) is 0 Å². The number of carbonyl (C=O) groups is 5. The third-order valence-corrected chi connectivity index (χ3v) is 11.5. The smallest absolute Gasteiger partial charge is 0.303 e. The summed E-state index contributed by atoms with van der Waals surface area (Å²) in [5.74, 6) is -3.13. The van der Waals surface area contributed by atoms with Crippen molar-refractivity contribution in [1.29, 1.82) is 0 Å². The summed E-state index contributed by atoms with van der Waals surface area (Å²) in [6.45, 7) is 8.44. The first-order valence-corrected chi connectivity index (χ1v) is 25.0. The van der Waals surface area contributed by atoms with Crippen LogP contribution in [0.4, 0.5) is 0 Å². The molecule has 0 bridgehead atoms. The molecular weight excluding hydrogens is 807 g/mol. The van der Waals surface area contributed by atoms with E-state index in [1.807, 2.05) is 6.08 Å². The summed E-state index contributed by atoms with van der Waals surface area (Å²) in [5.41, 5.74) is 0. The normalized spacial score (nSPS) is 19.6. The van der Waals surface area contributed by atoms with E-state index in [4.69, 9.17) is 28.4 Å². The lowest BCUT2D eigenvalue weighted by Gasteiger charge is -2.44. The molecule has 7 atom stereocenters. The fourth-order valence-electron chi connectivity index (χ4n) is 7.98. The van der Waals surface area contributed by atoms with E-state index in [9.17, 15) is 29.1 Å². The van der Waals surface area contributed by atoms with E-state index in [0.717, 1.165) is 59.3 Å². The zero-order valence-corrected chi connectivity index (χ0v) is 40.3. The Morgan fingerprint density at radius 1 is 0.556 bits per heavy atom. The van der Waals surface area contributed by atoms with E-state index in [-0.39, 0.29) is 18.9 Å². The van der Waals surface area contributed by atoms with Crippen LogP contribution in [0.25, 0.3) is 0 Å². The van der Waals surface area contributed by atoms with Crippen LogP contribution in [0.5, 0.6) is 0 Å². The second-order valence-electron chi connectivity index (χ2n) is 17.5. The molecule has 0 aromatic rings. The molecule has 13 nitrogen and oxygen atoms in total. The van der Waals surface area contributed by atoms with Crippen LogP contribution in [0.15, 0.2) is 12.2 Å². The fraction of sp³-hybridized carbons (Fsp3) is 0.860. The summed E-state index contributed by atoms with van der Waals surface area (Å²) >= 11 is 0. The Bertz CT molecular complexity index is 1240. The summed E-state index contributed by atoms with van der Waals surface area (Å²) in [5, 5.41) is 14.3. The molecule has 63 heavy (non-hydrogen) atoms. The molecular formula is C50H89NO12. The van der Waals surface area contributed by atoms with Gasteiger partial charge in [-0.25, -0.2) is 0 Å². The third-order valence-electron chi connectivity index (χ3n) is 11.5. The van der Waals surface area contributed by atoms with Crippen LogP contribution in [0.2, 0.25) is 0 Å². The highest BCUT2D eigenvalue weighted by molar-refractivity contribution is 5.76. The highest BCUT2D eigenvalue weighted by Gasteiger charge is 2.53. The van der Waals surface area contributed by atoms with Crippen LogP contribution in [0.3, 0.4) is 0 Å². The molecule has 1 aliphatic heterocycles. The summed E-state index contributed by atoms with van der Waals surface area (Å²) in [7, 11) is 0. The number of ether oxygens (including phenoxy) is 6. The first kappa shape index (κ1) is 58.0. The topological polar surface area (TPSA) is 173 Å². The van der Waals surface area contributed by atoms with Crippen LogP contribution >= 0.6 is 0 Å². The first-order chi connectivity index (χ1) is 30.4. The molecule has 0 saturated carbocycles. The standard InChI is InChI=1S/C50H89NO12/c1-7-9-11-13-15-17-19-21-22-24-26-28-30-32-34-36-46(57)51-43(44(56)35-33-31-29-27-25-23-20-18-16-14-12-10-8-2)37-59-50-49(62-42(6)55)48(61-41(5)54)47(60-40(4)53)45(63-50)38-58-39(3)52/h33,35,43-45,47-50,56H,7-32,34,36-38H2,1-6H3,(H,51,57)/b35-33+/t43-,44+,45+,47-,48-,49+,50+/m0/s1.